The molecule has 1 aromatic heterocycles. The summed E-state index contributed by atoms with van der Waals surface area (Å²) in [6.45, 7) is 0. The SMILES string of the molecule is CN(C)S(=O)(=O)c1csc(C(=O)NC2CCCCCC2)c1. The van der Waals surface area contributed by atoms with E-state index < -0.39 is 10.0 Å². The summed E-state index contributed by atoms with van der Waals surface area (Å²) < 4.78 is 25.2. The summed E-state index contributed by atoms with van der Waals surface area (Å²) in [6, 6.07) is 1.68. The molecule has 0 unspecified atom stereocenters. The Bertz CT molecular complexity index is 585. The van der Waals surface area contributed by atoms with E-state index in [1.54, 1.807) is 0 Å². The number of thiophene rings is 1. The summed E-state index contributed by atoms with van der Waals surface area (Å²) >= 11 is 1.18. The topological polar surface area (TPSA) is 66.5 Å². The van der Waals surface area contributed by atoms with Gasteiger partial charge in [-0.1, -0.05) is 25.7 Å². The van der Waals surface area contributed by atoms with E-state index in [1.807, 2.05) is 0 Å². The predicted molar refractivity (Wildman–Crippen MR) is 84.1 cm³/mol. The standard InChI is InChI=1S/C14H22N2O3S2/c1-16(2)21(18,19)12-9-13(20-10-12)14(17)15-11-7-5-3-4-6-8-11/h9-11H,3-8H2,1-2H3,(H,15,17). The van der Waals surface area contributed by atoms with E-state index in [9.17, 15) is 13.2 Å². The van der Waals surface area contributed by atoms with Crippen LogP contribution in [0.15, 0.2) is 16.3 Å². The highest BCUT2D eigenvalue weighted by molar-refractivity contribution is 7.89. The molecule has 21 heavy (non-hydrogen) atoms. The van der Waals surface area contributed by atoms with Gasteiger partial charge in [-0.2, -0.15) is 0 Å². The van der Waals surface area contributed by atoms with Crippen molar-refractivity contribution < 1.29 is 13.2 Å². The molecule has 0 bridgehead atoms. The van der Waals surface area contributed by atoms with E-state index >= 15 is 0 Å². The van der Waals surface area contributed by atoms with Crippen LogP contribution in [0.5, 0.6) is 0 Å². The molecule has 0 saturated heterocycles. The number of hydrogen-bond donors (Lipinski definition) is 1. The smallest absolute Gasteiger partial charge is 0.261 e. The number of rotatable bonds is 4. The maximum Gasteiger partial charge on any atom is 0.261 e. The lowest BCUT2D eigenvalue weighted by Crippen LogP contribution is -2.33. The van der Waals surface area contributed by atoms with Gasteiger partial charge in [0.1, 0.15) is 0 Å². The van der Waals surface area contributed by atoms with Gasteiger partial charge in [-0.25, -0.2) is 12.7 Å². The Hall–Kier alpha value is -0.920. The van der Waals surface area contributed by atoms with Gasteiger partial charge < -0.3 is 5.32 Å². The first-order valence-corrected chi connectivity index (χ1v) is 9.55. The number of nitrogens with one attached hydrogen (secondary N) is 1. The van der Waals surface area contributed by atoms with Crippen molar-refractivity contribution in [1.82, 2.24) is 9.62 Å². The van der Waals surface area contributed by atoms with Crippen LogP contribution in [-0.2, 0) is 10.0 Å². The van der Waals surface area contributed by atoms with Gasteiger partial charge in [0.15, 0.2) is 0 Å². The zero-order valence-corrected chi connectivity index (χ0v) is 14.1. The molecule has 1 N–H and O–H groups in total. The van der Waals surface area contributed by atoms with E-state index in [-0.39, 0.29) is 16.8 Å². The fourth-order valence-corrected chi connectivity index (χ4v) is 4.53. The van der Waals surface area contributed by atoms with Crippen molar-refractivity contribution in [2.45, 2.75) is 49.5 Å². The van der Waals surface area contributed by atoms with E-state index in [4.69, 9.17) is 0 Å². The van der Waals surface area contributed by atoms with Gasteiger partial charge in [0.25, 0.3) is 5.91 Å². The molecule has 1 aromatic rings. The largest absolute Gasteiger partial charge is 0.349 e. The Morgan fingerprint density at radius 2 is 1.86 bits per heavy atom. The van der Waals surface area contributed by atoms with E-state index in [0.29, 0.717) is 4.88 Å². The number of carbonyl (C=O) groups excluding carboxylic acids is 1. The zero-order valence-electron chi connectivity index (χ0n) is 12.5. The molecule has 0 atom stereocenters. The van der Waals surface area contributed by atoms with Gasteiger partial charge in [-0.3, -0.25) is 4.79 Å². The summed E-state index contributed by atoms with van der Waals surface area (Å²) in [7, 11) is -0.496. The van der Waals surface area contributed by atoms with Gasteiger partial charge in [0, 0.05) is 25.5 Å². The lowest BCUT2D eigenvalue weighted by molar-refractivity contribution is 0.0937. The van der Waals surface area contributed by atoms with Crippen LogP contribution in [0.4, 0.5) is 0 Å². The molecule has 2 rings (SSSR count). The summed E-state index contributed by atoms with van der Waals surface area (Å²) in [4.78, 5) is 12.9. The molecule has 0 aliphatic heterocycles. The molecular weight excluding hydrogens is 308 g/mol. The summed E-state index contributed by atoms with van der Waals surface area (Å²) in [6.07, 6.45) is 6.79. The second-order valence-electron chi connectivity index (χ2n) is 5.60. The first-order valence-electron chi connectivity index (χ1n) is 7.23. The highest BCUT2D eigenvalue weighted by atomic mass is 32.2. The quantitative estimate of drug-likeness (QED) is 0.862. The van der Waals surface area contributed by atoms with E-state index in [1.165, 1.54) is 49.7 Å². The van der Waals surface area contributed by atoms with Crippen molar-refractivity contribution in [3.63, 3.8) is 0 Å². The van der Waals surface area contributed by atoms with Crippen molar-refractivity contribution in [2.24, 2.45) is 0 Å². The molecule has 0 radical (unpaired) electrons. The fourth-order valence-electron chi connectivity index (χ4n) is 2.46. The van der Waals surface area contributed by atoms with Crippen molar-refractivity contribution in [2.75, 3.05) is 14.1 Å². The molecular formula is C14H22N2O3S2. The van der Waals surface area contributed by atoms with Crippen LogP contribution in [0.2, 0.25) is 0 Å². The Balaban J connectivity index is 2.05. The average Bonchev–Trinajstić information content (AvgIpc) is 2.80. The molecule has 1 aliphatic rings. The van der Waals surface area contributed by atoms with Crippen molar-refractivity contribution in [1.29, 1.82) is 0 Å². The van der Waals surface area contributed by atoms with Crippen LogP contribution < -0.4 is 5.32 Å². The summed E-state index contributed by atoms with van der Waals surface area (Å²) in [5, 5.41) is 4.56. The minimum atomic E-state index is -3.46. The molecule has 0 aromatic carbocycles. The van der Waals surface area contributed by atoms with Gasteiger partial charge in [-0.15, -0.1) is 11.3 Å². The number of carbonyl (C=O) groups is 1. The predicted octanol–water partition coefficient (Wildman–Crippen LogP) is 2.45. The Labute approximate surface area is 130 Å². The van der Waals surface area contributed by atoms with Crippen molar-refractivity contribution in [3.8, 4) is 0 Å². The first-order chi connectivity index (χ1) is 9.91. The molecule has 118 valence electrons. The third-order valence-corrected chi connectivity index (χ3v) is 6.64. The lowest BCUT2D eigenvalue weighted by Gasteiger charge is -2.15. The van der Waals surface area contributed by atoms with Crippen LogP contribution in [-0.4, -0.2) is 38.8 Å². The van der Waals surface area contributed by atoms with Gasteiger partial charge in [0.05, 0.1) is 9.77 Å². The van der Waals surface area contributed by atoms with Gasteiger partial charge >= 0.3 is 0 Å². The van der Waals surface area contributed by atoms with Crippen LogP contribution in [0, 0.1) is 0 Å². The number of amides is 1. The van der Waals surface area contributed by atoms with Crippen LogP contribution >= 0.6 is 11.3 Å². The number of hydrogen-bond acceptors (Lipinski definition) is 4. The maximum atomic E-state index is 12.2. The van der Waals surface area contributed by atoms with Crippen LogP contribution in [0.25, 0.3) is 0 Å². The normalized spacial score (nSPS) is 17.7. The summed E-state index contributed by atoms with van der Waals surface area (Å²) in [5.41, 5.74) is 0. The van der Waals surface area contributed by atoms with Gasteiger partial charge in [-0.05, 0) is 18.9 Å². The highest BCUT2D eigenvalue weighted by Crippen LogP contribution is 2.22. The molecule has 1 aliphatic carbocycles. The van der Waals surface area contributed by atoms with E-state index in [2.05, 4.69) is 5.32 Å². The molecule has 1 heterocycles. The van der Waals surface area contributed by atoms with Crippen molar-refractivity contribution in [3.05, 3.63) is 16.3 Å². The molecule has 0 spiro atoms. The zero-order chi connectivity index (χ0) is 15.5. The maximum absolute atomic E-state index is 12.2. The molecule has 1 amide bonds. The summed E-state index contributed by atoms with van der Waals surface area (Å²) in [5.74, 6) is -0.160. The Kier molecular flexibility index (Phi) is 5.40. The van der Waals surface area contributed by atoms with Crippen LogP contribution in [0.1, 0.15) is 48.2 Å². The Morgan fingerprint density at radius 3 is 2.43 bits per heavy atom. The molecule has 5 nitrogen and oxygen atoms in total. The second-order valence-corrected chi connectivity index (χ2v) is 8.66. The molecule has 1 saturated carbocycles. The first kappa shape index (κ1) is 16.5. The van der Waals surface area contributed by atoms with Crippen molar-refractivity contribution >= 4 is 27.3 Å². The third-order valence-electron chi connectivity index (χ3n) is 3.77. The monoisotopic (exact) mass is 330 g/mol. The number of nitrogens with zero attached hydrogens (tertiary/aromatic N) is 1. The third kappa shape index (κ3) is 4.05. The minimum absolute atomic E-state index is 0.160. The van der Waals surface area contributed by atoms with E-state index in [0.717, 1.165) is 30.0 Å². The highest BCUT2D eigenvalue weighted by Gasteiger charge is 2.22. The second kappa shape index (κ2) is 6.89. The number of sulfonamides is 1. The average molecular weight is 330 g/mol. The molecule has 7 heteroatoms. The van der Waals surface area contributed by atoms with Gasteiger partial charge in [0.2, 0.25) is 10.0 Å². The Morgan fingerprint density at radius 1 is 1.24 bits per heavy atom. The molecule has 1 fully saturated rings. The fraction of sp³-hybridized carbons (Fsp3) is 0.643. The minimum Gasteiger partial charge on any atom is -0.349 e. The lowest BCUT2D eigenvalue weighted by atomic mass is 10.1. The van der Waals surface area contributed by atoms with Crippen LogP contribution in [0.3, 0.4) is 0 Å².